The van der Waals surface area contributed by atoms with Gasteiger partial charge in [0, 0.05) is 41.6 Å². The summed E-state index contributed by atoms with van der Waals surface area (Å²) in [6.45, 7) is 6.28. The van der Waals surface area contributed by atoms with E-state index in [9.17, 15) is 15.2 Å². The SMILES string of the molecule is CC(C)COCC(O)CNCc1ccc(-c2ccc([N+](=O)[O-])cc2)s1. The molecule has 25 heavy (non-hydrogen) atoms. The summed E-state index contributed by atoms with van der Waals surface area (Å²) >= 11 is 1.63. The topological polar surface area (TPSA) is 84.6 Å². The Labute approximate surface area is 151 Å². The standard InChI is InChI=1S/C18H24N2O4S/c1-13(2)11-24-12-16(21)9-19-10-17-7-8-18(25-17)14-3-5-15(6-4-14)20(22)23/h3-8,13,16,19,21H,9-12H2,1-2H3. The van der Waals surface area contributed by atoms with Crippen LogP contribution in [0.25, 0.3) is 10.4 Å². The predicted molar refractivity (Wildman–Crippen MR) is 99.8 cm³/mol. The van der Waals surface area contributed by atoms with Crippen molar-refractivity contribution < 1.29 is 14.8 Å². The number of benzene rings is 1. The van der Waals surface area contributed by atoms with E-state index in [0.29, 0.717) is 32.2 Å². The fourth-order valence-electron chi connectivity index (χ4n) is 2.24. The zero-order chi connectivity index (χ0) is 18.2. The number of aliphatic hydroxyl groups is 1. The van der Waals surface area contributed by atoms with Gasteiger partial charge in [-0.2, -0.15) is 0 Å². The molecular weight excluding hydrogens is 340 g/mol. The van der Waals surface area contributed by atoms with Gasteiger partial charge >= 0.3 is 0 Å². The molecule has 1 heterocycles. The average Bonchev–Trinajstić information content (AvgIpc) is 3.03. The van der Waals surface area contributed by atoms with E-state index >= 15 is 0 Å². The van der Waals surface area contributed by atoms with Crippen molar-refractivity contribution in [1.82, 2.24) is 5.32 Å². The second-order valence-corrected chi connectivity index (χ2v) is 7.45. The Morgan fingerprint density at radius 1 is 1.20 bits per heavy atom. The van der Waals surface area contributed by atoms with Crippen LogP contribution in [0.4, 0.5) is 5.69 Å². The highest BCUT2D eigenvalue weighted by Gasteiger charge is 2.08. The van der Waals surface area contributed by atoms with E-state index in [1.165, 1.54) is 12.1 Å². The van der Waals surface area contributed by atoms with Gasteiger partial charge in [-0.25, -0.2) is 0 Å². The number of rotatable bonds is 10. The van der Waals surface area contributed by atoms with Crippen LogP contribution >= 0.6 is 11.3 Å². The maximum Gasteiger partial charge on any atom is 0.269 e. The molecule has 1 atom stereocenters. The van der Waals surface area contributed by atoms with Crippen molar-refractivity contribution in [2.45, 2.75) is 26.5 Å². The molecule has 2 rings (SSSR count). The Kier molecular flexibility index (Phi) is 7.52. The Balaban J connectivity index is 1.78. The van der Waals surface area contributed by atoms with Crippen molar-refractivity contribution in [2.24, 2.45) is 5.92 Å². The van der Waals surface area contributed by atoms with Gasteiger partial charge in [-0.1, -0.05) is 13.8 Å². The number of ether oxygens (including phenoxy) is 1. The van der Waals surface area contributed by atoms with Gasteiger partial charge in [0.1, 0.15) is 0 Å². The number of nitrogens with zero attached hydrogens (tertiary/aromatic N) is 1. The van der Waals surface area contributed by atoms with Crippen molar-refractivity contribution in [2.75, 3.05) is 19.8 Å². The number of aliphatic hydroxyl groups excluding tert-OH is 1. The first kappa shape index (κ1) is 19.5. The molecule has 0 aliphatic carbocycles. The largest absolute Gasteiger partial charge is 0.389 e. The van der Waals surface area contributed by atoms with Crippen LogP contribution in [0, 0.1) is 16.0 Å². The number of non-ortho nitro benzene ring substituents is 1. The molecule has 2 aromatic rings. The van der Waals surface area contributed by atoms with Gasteiger partial charge in [-0.05, 0) is 35.7 Å². The number of nitro groups is 1. The molecule has 136 valence electrons. The van der Waals surface area contributed by atoms with E-state index in [0.717, 1.165) is 15.3 Å². The van der Waals surface area contributed by atoms with Crippen LogP contribution in [0.15, 0.2) is 36.4 Å². The van der Waals surface area contributed by atoms with E-state index in [-0.39, 0.29) is 5.69 Å². The minimum absolute atomic E-state index is 0.0934. The Bertz CT molecular complexity index is 670. The van der Waals surface area contributed by atoms with E-state index in [2.05, 4.69) is 19.2 Å². The third-order valence-electron chi connectivity index (χ3n) is 3.46. The average molecular weight is 364 g/mol. The number of nitro benzene ring substituents is 1. The number of thiophene rings is 1. The quantitative estimate of drug-likeness (QED) is 0.498. The molecule has 0 spiro atoms. The lowest BCUT2D eigenvalue weighted by molar-refractivity contribution is -0.384. The normalized spacial score (nSPS) is 12.5. The summed E-state index contributed by atoms with van der Waals surface area (Å²) in [6, 6.07) is 10.6. The molecule has 0 radical (unpaired) electrons. The molecule has 1 aromatic heterocycles. The van der Waals surface area contributed by atoms with Crippen LogP contribution in [0.2, 0.25) is 0 Å². The Morgan fingerprint density at radius 3 is 2.56 bits per heavy atom. The molecule has 1 unspecified atom stereocenters. The first-order valence-electron chi connectivity index (χ1n) is 8.25. The second-order valence-electron chi connectivity index (χ2n) is 6.29. The molecule has 0 amide bonds. The maximum absolute atomic E-state index is 10.7. The molecule has 7 heteroatoms. The molecule has 6 nitrogen and oxygen atoms in total. The van der Waals surface area contributed by atoms with Crippen LogP contribution in [0.5, 0.6) is 0 Å². The van der Waals surface area contributed by atoms with Crippen LogP contribution in [-0.4, -0.2) is 35.9 Å². The van der Waals surface area contributed by atoms with E-state index in [4.69, 9.17) is 4.74 Å². The lowest BCUT2D eigenvalue weighted by atomic mass is 10.2. The number of nitrogens with one attached hydrogen (secondary N) is 1. The van der Waals surface area contributed by atoms with Crippen molar-refractivity contribution in [3.8, 4) is 10.4 Å². The van der Waals surface area contributed by atoms with Crippen molar-refractivity contribution in [3.63, 3.8) is 0 Å². The van der Waals surface area contributed by atoms with E-state index < -0.39 is 11.0 Å². The van der Waals surface area contributed by atoms with E-state index in [1.807, 2.05) is 12.1 Å². The first-order chi connectivity index (χ1) is 12.0. The molecule has 2 N–H and O–H groups in total. The van der Waals surface area contributed by atoms with Gasteiger partial charge in [-0.3, -0.25) is 10.1 Å². The summed E-state index contributed by atoms with van der Waals surface area (Å²) in [7, 11) is 0. The lowest BCUT2D eigenvalue weighted by Gasteiger charge is -2.13. The third-order valence-corrected chi connectivity index (χ3v) is 4.60. The van der Waals surface area contributed by atoms with Crippen molar-refractivity contribution in [3.05, 3.63) is 51.4 Å². The molecule has 0 fully saturated rings. The molecule has 0 saturated heterocycles. The number of hydrogen-bond donors (Lipinski definition) is 2. The molecular formula is C18H24N2O4S. The van der Waals surface area contributed by atoms with Crippen LogP contribution < -0.4 is 5.32 Å². The summed E-state index contributed by atoms with van der Waals surface area (Å²) in [6.07, 6.45) is -0.521. The van der Waals surface area contributed by atoms with Gasteiger partial charge in [0.25, 0.3) is 5.69 Å². The van der Waals surface area contributed by atoms with Gasteiger partial charge < -0.3 is 15.2 Å². The van der Waals surface area contributed by atoms with Gasteiger partial charge in [-0.15, -0.1) is 11.3 Å². The summed E-state index contributed by atoms with van der Waals surface area (Å²) in [5, 5.41) is 23.8. The second kappa shape index (κ2) is 9.62. The minimum atomic E-state index is -0.521. The van der Waals surface area contributed by atoms with Crippen LogP contribution in [-0.2, 0) is 11.3 Å². The molecule has 0 aliphatic rings. The van der Waals surface area contributed by atoms with Gasteiger partial charge in [0.2, 0.25) is 0 Å². The molecule has 0 saturated carbocycles. The van der Waals surface area contributed by atoms with Crippen LogP contribution in [0.1, 0.15) is 18.7 Å². The monoisotopic (exact) mass is 364 g/mol. The summed E-state index contributed by atoms with van der Waals surface area (Å²) < 4.78 is 5.41. The van der Waals surface area contributed by atoms with Gasteiger partial charge in [0.15, 0.2) is 0 Å². The van der Waals surface area contributed by atoms with E-state index in [1.54, 1.807) is 23.5 Å². The highest BCUT2D eigenvalue weighted by Crippen LogP contribution is 2.29. The van der Waals surface area contributed by atoms with Crippen LogP contribution in [0.3, 0.4) is 0 Å². The lowest BCUT2D eigenvalue weighted by Crippen LogP contribution is -2.30. The third kappa shape index (κ3) is 6.55. The zero-order valence-electron chi connectivity index (χ0n) is 14.5. The van der Waals surface area contributed by atoms with Crippen molar-refractivity contribution in [1.29, 1.82) is 0 Å². The Morgan fingerprint density at radius 2 is 1.92 bits per heavy atom. The highest BCUT2D eigenvalue weighted by atomic mass is 32.1. The smallest absolute Gasteiger partial charge is 0.269 e. The predicted octanol–water partition coefficient (Wildman–Crippen LogP) is 3.45. The van der Waals surface area contributed by atoms with Gasteiger partial charge in [0.05, 0.1) is 17.6 Å². The minimum Gasteiger partial charge on any atom is -0.389 e. The molecule has 0 aliphatic heterocycles. The highest BCUT2D eigenvalue weighted by molar-refractivity contribution is 7.15. The molecule has 1 aromatic carbocycles. The van der Waals surface area contributed by atoms with Crippen molar-refractivity contribution >= 4 is 17.0 Å². The maximum atomic E-state index is 10.7. The first-order valence-corrected chi connectivity index (χ1v) is 9.07. The zero-order valence-corrected chi connectivity index (χ0v) is 15.3. The molecule has 0 bridgehead atoms. The fourth-order valence-corrected chi connectivity index (χ4v) is 3.22. The summed E-state index contributed by atoms with van der Waals surface area (Å²) in [5.41, 5.74) is 1.06. The Hall–Kier alpha value is -1.80. The summed E-state index contributed by atoms with van der Waals surface area (Å²) in [4.78, 5) is 12.5. The fraction of sp³-hybridized carbons (Fsp3) is 0.444. The number of hydrogen-bond acceptors (Lipinski definition) is 6. The summed E-state index contributed by atoms with van der Waals surface area (Å²) in [5.74, 6) is 0.462.